The molecular weight excluding hydrogens is 478 g/mol. The molecule has 1 fully saturated rings. The number of aromatic nitrogens is 4. The third-order valence-corrected chi connectivity index (χ3v) is 7.13. The number of ether oxygens (including phenoxy) is 1. The number of hydrogen-bond acceptors (Lipinski definition) is 8. The molecule has 0 saturated carbocycles. The van der Waals surface area contributed by atoms with Crippen LogP contribution in [0.15, 0.2) is 71.9 Å². The van der Waals surface area contributed by atoms with Crippen LogP contribution in [0.2, 0.25) is 0 Å². The quantitative estimate of drug-likeness (QED) is 0.293. The van der Waals surface area contributed by atoms with Crippen LogP contribution in [0.4, 0.5) is 11.6 Å². The van der Waals surface area contributed by atoms with E-state index in [-0.39, 0.29) is 11.5 Å². The van der Waals surface area contributed by atoms with Crippen molar-refractivity contribution in [3.8, 4) is 5.75 Å². The van der Waals surface area contributed by atoms with Crippen molar-refractivity contribution in [3.63, 3.8) is 0 Å². The van der Waals surface area contributed by atoms with Crippen molar-refractivity contribution < 1.29 is 4.74 Å². The van der Waals surface area contributed by atoms with Gasteiger partial charge < -0.3 is 20.7 Å². The van der Waals surface area contributed by atoms with Crippen LogP contribution < -0.4 is 21.5 Å². The number of nitrogen functional groups attached to an aromatic ring is 1. The zero-order valence-electron chi connectivity index (χ0n) is 21.6. The molecule has 3 N–H and O–H groups in total. The van der Waals surface area contributed by atoms with Gasteiger partial charge in [-0.05, 0) is 68.5 Å². The largest absolute Gasteiger partial charge is 0.493 e. The van der Waals surface area contributed by atoms with Gasteiger partial charge in [0.2, 0.25) is 0 Å². The Morgan fingerprint density at radius 1 is 1.03 bits per heavy atom. The molecule has 9 heteroatoms. The van der Waals surface area contributed by atoms with Crippen LogP contribution in [-0.4, -0.2) is 57.2 Å². The molecule has 2 aromatic carbocycles. The second kappa shape index (κ2) is 12.5. The third kappa shape index (κ3) is 6.86. The minimum Gasteiger partial charge on any atom is -0.493 e. The van der Waals surface area contributed by atoms with Crippen LogP contribution in [0.3, 0.4) is 0 Å². The normalized spacial score (nSPS) is 14.5. The summed E-state index contributed by atoms with van der Waals surface area (Å²) >= 11 is 0. The number of piperidine rings is 1. The first-order valence-corrected chi connectivity index (χ1v) is 13.3. The summed E-state index contributed by atoms with van der Waals surface area (Å²) in [4.78, 5) is 27.0. The Kier molecular flexibility index (Phi) is 8.45. The molecule has 198 valence electrons. The van der Waals surface area contributed by atoms with Crippen molar-refractivity contribution in [3.05, 3.63) is 83.2 Å². The maximum atomic E-state index is 11.9. The lowest BCUT2D eigenvalue weighted by molar-refractivity contribution is 0.138. The molecule has 0 unspecified atom stereocenters. The first kappa shape index (κ1) is 25.7. The van der Waals surface area contributed by atoms with Gasteiger partial charge in [-0.3, -0.25) is 4.57 Å². The fraction of sp³-hybridized carbons (Fsp3) is 0.379. The van der Waals surface area contributed by atoms with Gasteiger partial charge in [0.05, 0.1) is 12.1 Å². The van der Waals surface area contributed by atoms with Gasteiger partial charge in [0.25, 0.3) is 0 Å². The summed E-state index contributed by atoms with van der Waals surface area (Å²) < 4.78 is 7.78. The van der Waals surface area contributed by atoms with Crippen molar-refractivity contribution >= 4 is 22.5 Å². The second-order valence-electron chi connectivity index (χ2n) is 9.84. The lowest BCUT2D eigenvalue weighted by Crippen LogP contribution is -2.38. The highest BCUT2D eigenvalue weighted by molar-refractivity contribution is 5.89. The number of hydrogen-bond donors (Lipinski definition) is 2. The number of fused-ring (bicyclic) bond motifs is 1. The van der Waals surface area contributed by atoms with Gasteiger partial charge in [-0.1, -0.05) is 30.3 Å². The van der Waals surface area contributed by atoms with Crippen LogP contribution in [-0.2, 0) is 13.0 Å². The van der Waals surface area contributed by atoms with Gasteiger partial charge in [-0.2, -0.15) is 4.98 Å². The molecule has 0 amide bonds. The van der Waals surface area contributed by atoms with Gasteiger partial charge >= 0.3 is 5.69 Å². The highest BCUT2D eigenvalue weighted by Crippen LogP contribution is 2.25. The molecule has 2 aromatic heterocycles. The van der Waals surface area contributed by atoms with Crippen LogP contribution in [0.25, 0.3) is 10.9 Å². The minimum atomic E-state index is -0.292. The number of aryl methyl sites for hydroxylation is 1. The maximum Gasteiger partial charge on any atom is 0.349 e. The summed E-state index contributed by atoms with van der Waals surface area (Å²) in [6.07, 6.45) is 7.53. The molecule has 0 atom stereocenters. The standard InChI is InChI=1S/C29H35N7O2/c30-27-12-16-36(29(37)34-27)18-17-35-14-10-23(11-15-35)20-38-24-8-9-25-26(19-24)32-21-33-28(25)31-13-4-7-22-5-2-1-3-6-22/h1-3,5-6,8-9,12,16,19,21,23H,4,7,10-11,13-15,17-18,20H2,(H2,30,34,37)(H,31,32,33). The molecule has 0 aliphatic carbocycles. The molecule has 0 spiro atoms. The first-order chi connectivity index (χ1) is 18.6. The SMILES string of the molecule is Nc1ccn(CCN2CCC(COc3ccc4c(NCCCc5ccccc5)ncnc4c3)CC2)c(=O)n1. The molecule has 5 rings (SSSR count). The Bertz CT molecular complexity index is 1380. The Balaban J connectivity index is 1.06. The zero-order chi connectivity index (χ0) is 26.2. The first-order valence-electron chi connectivity index (χ1n) is 13.3. The summed E-state index contributed by atoms with van der Waals surface area (Å²) in [5.41, 5.74) is 7.51. The Morgan fingerprint density at radius 2 is 1.87 bits per heavy atom. The smallest absolute Gasteiger partial charge is 0.349 e. The summed E-state index contributed by atoms with van der Waals surface area (Å²) in [7, 11) is 0. The highest BCUT2D eigenvalue weighted by Gasteiger charge is 2.20. The molecular formula is C29H35N7O2. The topological polar surface area (TPSA) is 111 Å². The molecule has 0 radical (unpaired) electrons. The van der Waals surface area contributed by atoms with E-state index in [4.69, 9.17) is 10.5 Å². The van der Waals surface area contributed by atoms with Crippen LogP contribution >= 0.6 is 0 Å². The van der Waals surface area contributed by atoms with Crippen molar-refractivity contribution in [2.45, 2.75) is 32.2 Å². The number of rotatable bonds is 11. The van der Waals surface area contributed by atoms with Crippen molar-refractivity contribution in [1.29, 1.82) is 0 Å². The van der Waals surface area contributed by atoms with Crippen molar-refractivity contribution in [1.82, 2.24) is 24.4 Å². The molecule has 1 aliphatic heterocycles. The number of nitrogens with two attached hydrogens (primary N) is 1. The Labute approximate surface area is 222 Å². The Morgan fingerprint density at radius 3 is 2.68 bits per heavy atom. The fourth-order valence-corrected chi connectivity index (χ4v) is 4.86. The van der Waals surface area contributed by atoms with E-state index in [0.29, 0.717) is 19.1 Å². The summed E-state index contributed by atoms with van der Waals surface area (Å²) in [6, 6.07) is 18.2. The van der Waals surface area contributed by atoms with E-state index in [1.54, 1.807) is 23.2 Å². The van der Waals surface area contributed by atoms with Crippen molar-refractivity contribution in [2.24, 2.45) is 5.92 Å². The summed E-state index contributed by atoms with van der Waals surface area (Å²) in [5, 5.41) is 4.47. The molecule has 4 aromatic rings. The highest BCUT2D eigenvalue weighted by atomic mass is 16.5. The second-order valence-corrected chi connectivity index (χ2v) is 9.84. The molecule has 9 nitrogen and oxygen atoms in total. The van der Waals surface area contributed by atoms with Gasteiger partial charge in [-0.25, -0.2) is 14.8 Å². The van der Waals surface area contributed by atoms with E-state index < -0.39 is 0 Å². The van der Waals surface area contributed by atoms with E-state index in [2.05, 4.69) is 49.4 Å². The minimum absolute atomic E-state index is 0.262. The third-order valence-electron chi connectivity index (χ3n) is 7.13. The van der Waals surface area contributed by atoms with E-state index in [1.165, 1.54) is 5.56 Å². The van der Waals surface area contributed by atoms with Crippen LogP contribution in [0, 0.1) is 5.92 Å². The molecule has 3 heterocycles. The number of nitrogens with zero attached hydrogens (tertiary/aromatic N) is 5. The van der Waals surface area contributed by atoms with Gasteiger partial charge in [0.1, 0.15) is 23.7 Å². The van der Waals surface area contributed by atoms with E-state index in [0.717, 1.165) is 74.3 Å². The molecule has 0 bridgehead atoms. The fourth-order valence-electron chi connectivity index (χ4n) is 4.86. The van der Waals surface area contributed by atoms with Crippen molar-refractivity contribution in [2.75, 3.05) is 43.8 Å². The molecule has 1 aliphatic rings. The number of anilines is 2. The van der Waals surface area contributed by atoms with Gasteiger partial charge in [-0.15, -0.1) is 0 Å². The average Bonchev–Trinajstić information content (AvgIpc) is 2.95. The lowest BCUT2D eigenvalue weighted by atomic mass is 9.98. The van der Waals surface area contributed by atoms with Gasteiger partial charge in [0, 0.05) is 37.3 Å². The van der Waals surface area contributed by atoms with Crippen LogP contribution in [0.1, 0.15) is 24.8 Å². The summed E-state index contributed by atoms with van der Waals surface area (Å²) in [5.74, 6) is 2.47. The maximum absolute atomic E-state index is 11.9. The monoisotopic (exact) mass is 513 g/mol. The predicted octanol–water partition coefficient (Wildman–Crippen LogP) is 3.60. The van der Waals surface area contributed by atoms with Gasteiger partial charge in [0.15, 0.2) is 0 Å². The predicted molar refractivity (Wildman–Crippen MR) is 150 cm³/mol. The number of benzene rings is 2. The molecule has 1 saturated heterocycles. The van der Waals surface area contributed by atoms with E-state index in [1.807, 2.05) is 24.3 Å². The van der Waals surface area contributed by atoms with E-state index >= 15 is 0 Å². The number of nitrogens with one attached hydrogen (secondary N) is 1. The van der Waals surface area contributed by atoms with Crippen LogP contribution in [0.5, 0.6) is 5.75 Å². The Hall–Kier alpha value is -3.98. The molecule has 38 heavy (non-hydrogen) atoms. The summed E-state index contributed by atoms with van der Waals surface area (Å²) in [6.45, 7) is 4.98. The lowest BCUT2D eigenvalue weighted by Gasteiger charge is -2.31. The zero-order valence-corrected chi connectivity index (χ0v) is 21.6. The average molecular weight is 514 g/mol. The number of likely N-dealkylation sites (tertiary alicyclic amines) is 1. The van der Waals surface area contributed by atoms with E-state index in [9.17, 15) is 4.79 Å².